The first-order chi connectivity index (χ1) is 9.54. The monoisotopic (exact) mass is 278 g/mol. The largest absolute Gasteiger partial charge is 0.508 e. The number of rotatable bonds is 1. The van der Waals surface area contributed by atoms with Crippen molar-refractivity contribution >= 4 is 5.97 Å². The van der Waals surface area contributed by atoms with Gasteiger partial charge in [0, 0.05) is 12.5 Å². The molecule has 5 nitrogen and oxygen atoms in total. The summed E-state index contributed by atoms with van der Waals surface area (Å²) in [5.41, 5.74) is 1.37. The molecule has 0 aliphatic carbocycles. The average molecular weight is 278 g/mol. The molecule has 0 saturated carbocycles. The van der Waals surface area contributed by atoms with Crippen molar-refractivity contribution in [3.8, 4) is 17.2 Å². The minimum Gasteiger partial charge on any atom is -0.508 e. The lowest BCUT2D eigenvalue weighted by atomic mass is 9.99. The molecule has 0 saturated heterocycles. The van der Waals surface area contributed by atoms with Crippen molar-refractivity contribution in [1.82, 2.24) is 0 Å². The van der Waals surface area contributed by atoms with Crippen LogP contribution in [0.2, 0.25) is 0 Å². The third-order valence-electron chi connectivity index (χ3n) is 3.31. The number of hydrogen-bond donors (Lipinski definition) is 3. The van der Waals surface area contributed by atoms with Crippen molar-refractivity contribution in [3.05, 3.63) is 53.1 Å². The van der Waals surface area contributed by atoms with E-state index in [2.05, 4.69) is 0 Å². The molecule has 0 radical (unpaired) electrons. The molecule has 2 aromatic carbocycles. The maximum absolute atomic E-state index is 12.0. The van der Waals surface area contributed by atoms with Crippen molar-refractivity contribution in [1.29, 1.82) is 0 Å². The van der Waals surface area contributed by atoms with Crippen LogP contribution in [-0.4, -0.2) is 21.3 Å². The van der Waals surface area contributed by atoms with Gasteiger partial charge in [-0.05, 0) is 29.3 Å². The van der Waals surface area contributed by atoms with Crippen LogP contribution in [0.3, 0.4) is 0 Å². The standard InChI is InChI=1S/C15H12O5/c16-10-3-1-8(2-4-10)13-6-9-5-11(17)7-12(18)14(9)15(19)20-13/h1-5,7,13,16-18H,6H2/i1+1,2+1,3+1,4+1,8+1,10+1. The number of hydrogen-bond acceptors (Lipinski definition) is 5. The fourth-order valence-corrected chi connectivity index (χ4v) is 2.37. The first-order valence-corrected chi connectivity index (χ1v) is 6.09. The number of benzene rings is 2. The predicted molar refractivity (Wildman–Crippen MR) is 69.7 cm³/mol. The molecule has 5 heteroatoms. The Morgan fingerprint density at radius 1 is 1.00 bits per heavy atom. The molecule has 0 amide bonds. The first-order valence-electron chi connectivity index (χ1n) is 6.09. The zero-order chi connectivity index (χ0) is 14.3. The molecule has 1 aliphatic rings. The molecule has 2 aromatic rings. The number of fused-ring (bicyclic) bond motifs is 1. The quantitative estimate of drug-likeness (QED) is 0.696. The highest BCUT2D eigenvalue weighted by atomic mass is 16.5. The molecule has 0 spiro atoms. The van der Waals surface area contributed by atoms with Crippen LogP contribution < -0.4 is 0 Å². The van der Waals surface area contributed by atoms with E-state index in [1.165, 1.54) is 18.2 Å². The van der Waals surface area contributed by atoms with Gasteiger partial charge >= 0.3 is 5.97 Å². The summed E-state index contributed by atoms with van der Waals surface area (Å²) in [6.45, 7) is 0. The van der Waals surface area contributed by atoms with Crippen LogP contribution >= 0.6 is 0 Å². The molecule has 0 fully saturated rings. The molecular weight excluding hydrogens is 266 g/mol. The minimum absolute atomic E-state index is 0.0952. The molecule has 3 N–H and O–H groups in total. The average Bonchev–Trinajstić information content (AvgIpc) is 2.38. The number of aromatic hydroxyl groups is 3. The van der Waals surface area contributed by atoms with Gasteiger partial charge in [0.15, 0.2) is 0 Å². The van der Waals surface area contributed by atoms with Gasteiger partial charge in [-0.1, -0.05) is 12.1 Å². The van der Waals surface area contributed by atoms with Crippen molar-refractivity contribution in [3.63, 3.8) is 0 Å². The fourth-order valence-electron chi connectivity index (χ4n) is 2.37. The Kier molecular flexibility index (Phi) is 2.75. The summed E-state index contributed by atoms with van der Waals surface area (Å²) in [4.78, 5) is 12.0. The summed E-state index contributed by atoms with van der Waals surface area (Å²) < 4.78 is 5.30. The Bertz CT molecular complexity index is 675. The van der Waals surface area contributed by atoms with Crippen LogP contribution in [0.1, 0.15) is 27.6 Å². The van der Waals surface area contributed by atoms with Gasteiger partial charge < -0.3 is 20.1 Å². The Morgan fingerprint density at radius 2 is 1.70 bits per heavy atom. The van der Waals surface area contributed by atoms with Gasteiger partial charge in [-0.25, -0.2) is 4.79 Å². The van der Waals surface area contributed by atoms with Crippen LogP contribution in [0.25, 0.3) is 0 Å². The number of carbonyl (C=O) groups is 1. The minimum atomic E-state index is -0.623. The van der Waals surface area contributed by atoms with Crippen LogP contribution in [0.15, 0.2) is 36.4 Å². The summed E-state index contributed by atoms with van der Waals surface area (Å²) in [6.07, 6.45) is -0.148. The third-order valence-corrected chi connectivity index (χ3v) is 3.31. The highest BCUT2D eigenvalue weighted by Gasteiger charge is 2.30. The van der Waals surface area contributed by atoms with Gasteiger partial charge in [-0.3, -0.25) is 0 Å². The molecule has 1 aliphatic heterocycles. The van der Waals surface area contributed by atoms with Gasteiger partial charge in [0.1, 0.15) is 28.9 Å². The fraction of sp³-hybridized carbons (Fsp3) is 0.133. The van der Waals surface area contributed by atoms with Gasteiger partial charge in [0.25, 0.3) is 0 Å². The van der Waals surface area contributed by atoms with E-state index in [-0.39, 0.29) is 22.8 Å². The number of ether oxygens (including phenoxy) is 1. The molecule has 0 bridgehead atoms. The number of esters is 1. The molecule has 1 heterocycles. The van der Waals surface area contributed by atoms with Crippen LogP contribution in [0.5, 0.6) is 17.2 Å². The maximum atomic E-state index is 12.0. The van der Waals surface area contributed by atoms with Crippen LogP contribution in [-0.2, 0) is 11.2 Å². The Balaban J connectivity index is 2.00. The van der Waals surface area contributed by atoms with E-state index >= 15 is 0 Å². The predicted octanol–water partition coefficient (Wildman–Crippen LogP) is 2.26. The van der Waals surface area contributed by atoms with Crippen molar-refractivity contribution in [2.45, 2.75) is 12.5 Å². The Hall–Kier alpha value is -2.69. The normalized spacial score (nSPS) is 17.4. The van der Waals surface area contributed by atoms with Gasteiger partial charge in [0.05, 0.1) is 0 Å². The van der Waals surface area contributed by atoms with Gasteiger partial charge in [0.2, 0.25) is 0 Å². The summed E-state index contributed by atoms with van der Waals surface area (Å²) in [7, 11) is 0. The summed E-state index contributed by atoms with van der Waals surface area (Å²) in [5.74, 6) is -0.872. The summed E-state index contributed by atoms with van der Waals surface area (Å²) in [6, 6.07) is 8.92. The van der Waals surface area contributed by atoms with E-state index in [1.807, 2.05) is 0 Å². The lowest BCUT2D eigenvalue weighted by Gasteiger charge is -2.25. The Labute approximate surface area is 114 Å². The molecule has 102 valence electrons. The van der Waals surface area contributed by atoms with E-state index in [1.54, 1.807) is 12.1 Å². The lowest BCUT2D eigenvalue weighted by Crippen LogP contribution is -2.21. The van der Waals surface area contributed by atoms with Crippen LogP contribution in [0.4, 0.5) is 0 Å². The number of cyclic esters (lactones) is 1. The Morgan fingerprint density at radius 3 is 2.40 bits per heavy atom. The van der Waals surface area contributed by atoms with Gasteiger partial charge in [-0.2, -0.15) is 0 Å². The SMILES string of the molecule is O=C1OC([13c]2[13cH][13cH][13c](O)[13cH][13cH]2)Cc2cc(O)cc(O)c21. The molecule has 0 aromatic heterocycles. The summed E-state index contributed by atoms with van der Waals surface area (Å²) in [5, 5.41) is 28.5. The maximum Gasteiger partial charge on any atom is 0.342 e. The van der Waals surface area contributed by atoms with Crippen molar-refractivity contribution in [2.75, 3.05) is 0 Å². The van der Waals surface area contributed by atoms with E-state index in [0.29, 0.717) is 12.0 Å². The molecule has 20 heavy (non-hydrogen) atoms. The number of phenols is 3. The lowest BCUT2D eigenvalue weighted by molar-refractivity contribution is 0.0248. The van der Waals surface area contributed by atoms with E-state index in [9.17, 15) is 20.1 Å². The smallest absolute Gasteiger partial charge is 0.342 e. The second kappa shape index (κ2) is 4.45. The second-order valence-corrected chi connectivity index (χ2v) is 4.69. The van der Waals surface area contributed by atoms with Crippen molar-refractivity contribution < 1.29 is 24.9 Å². The summed E-state index contributed by atoms with van der Waals surface area (Å²) >= 11 is 0. The van der Waals surface area contributed by atoms with E-state index in [4.69, 9.17) is 4.74 Å². The highest BCUT2D eigenvalue weighted by Crippen LogP contribution is 2.37. The zero-order valence-corrected chi connectivity index (χ0v) is 10.4. The molecular formula is C15H12O5. The number of carbonyl (C=O) groups excluding carboxylic acids is 1. The topological polar surface area (TPSA) is 87.0 Å². The van der Waals surface area contributed by atoms with E-state index < -0.39 is 12.1 Å². The third kappa shape index (κ3) is 2.03. The first kappa shape index (κ1) is 12.3. The molecule has 1 atom stereocenters. The highest BCUT2D eigenvalue weighted by molar-refractivity contribution is 5.95. The molecule has 3 rings (SSSR count). The van der Waals surface area contributed by atoms with Gasteiger partial charge in [-0.15, -0.1) is 0 Å². The number of phenolic OH excluding ortho intramolecular Hbond substituents is 3. The second-order valence-electron chi connectivity index (χ2n) is 4.69. The zero-order valence-electron chi connectivity index (χ0n) is 10.4. The van der Waals surface area contributed by atoms with E-state index in [0.717, 1.165) is 11.6 Å². The molecule has 1 unspecified atom stereocenters. The van der Waals surface area contributed by atoms with Crippen LogP contribution in [0, 0.1) is 0 Å². The van der Waals surface area contributed by atoms with Crippen molar-refractivity contribution in [2.24, 2.45) is 0 Å².